The number of anilines is 1. The zero-order chi connectivity index (χ0) is 17.9. The topological polar surface area (TPSA) is 69.0 Å². The summed E-state index contributed by atoms with van der Waals surface area (Å²) in [4.78, 5) is 12.5. The quantitative estimate of drug-likeness (QED) is 0.786. The Morgan fingerprint density at radius 2 is 2.15 bits per heavy atom. The monoisotopic (exact) mass is 348 g/mol. The van der Waals surface area contributed by atoms with E-state index in [1.165, 1.54) is 5.56 Å². The van der Waals surface area contributed by atoms with Gasteiger partial charge in [-0.15, -0.1) is 10.2 Å². The number of amides is 1. The summed E-state index contributed by atoms with van der Waals surface area (Å²) in [6.07, 6.45) is 2.66. The average Bonchev–Trinajstić information content (AvgIpc) is 3.08. The maximum absolute atomic E-state index is 12.5. The van der Waals surface area contributed by atoms with Crippen molar-refractivity contribution in [3.8, 4) is 5.69 Å². The van der Waals surface area contributed by atoms with E-state index in [-0.39, 0.29) is 12.0 Å². The number of carbonyl (C=O) groups excluding carboxylic acids is 1. The third-order valence-electron chi connectivity index (χ3n) is 4.59. The van der Waals surface area contributed by atoms with Crippen molar-refractivity contribution >= 4 is 11.6 Å². The number of ether oxygens (including phenoxy) is 1. The molecule has 1 aromatic heterocycles. The average molecular weight is 348 g/mol. The molecule has 2 heterocycles. The van der Waals surface area contributed by atoms with E-state index in [0.29, 0.717) is 13.0 Å². The van der Waals surface area contributed by atoms with Gasteiger partial charge in [0.2, 0.25) is 5.91 Å². The first-order chi connectivity index (χ1) is 12.7. The van der Waals surface area contributed by atoms with Gasteiger partial charge in [-0.1, -0.05) is 30.3 Å². The Bertz CT molecular complexity index is 935. The van der Waals surface area contributed by atoms with Gasteiger partial charge in [0, 0.05) is 5.69 Å². The summed E-state index contributed by atoms with van der Waals surface area (Å²) >= 11 is 0. The highest BCUT2D eigenvalue weighted by Crippen LogP contribution is 2.29. The van der Waals surface area contributed by atoms with Gasteiger partial charge in [-0.2, -0.15) is 0 Å². The molecule has 2 aromatic carbocycles. The number of benzene rings is 2. The molecule has 132 valence electrons. The van der Waals surface area contributed by atoms with Crippen LogP contribution in [0.1, 0.15) is 29.5 Å². The Balaban J connectivity index is 1.47. The summed E-state index contributed by atoms with van der Waals surface area (Å²) in [5, 5.41) is 10.9. The summed E-state index contributed by atoms with van der Waals surface area (Å²) in [5.41, 5.74) is 4.03. The van der Waals surface area contributed by atoms with Crippen molar-refractivity contribution in [3.05, 3.63) is 71.8 Å². The van der Waals surface area contributed by atoms with Gasteiger partial charge in [-0.05, 0) is 42.7 Å². The number of nitrogens with one attached hydrogen (secondary N) is 1. The summed E-state index contributed by atoms with van der Waals surface area (Å²) in [6.45, 7) is 2.54. The molecular weight excluding hydrogens is 328 g/mol. The second-order valence-corrected chi connectivity index (χ2v) is 6.36. The van der Waals surface area contributed by atoms with E-state index >= 15 is 0 Å². The molecule has 6 nitrogen and oxygen atoms in total. The zero-order valence-electron chi connectivity index (χ0n) is 14.6. The van der Waals surface area contributed by atoms with Gasteiger partial charge in [-0.25, -0.2) is 0 Å². The van der Waals surface area contributed by atoms with E-state index in [0.717, 1.165) is 29.2 Å². The molecular formula is C20H20N4O2. The van der Waals surface area contributed by atoms with Crippen LogP contribution < -0.4 is 5.32 Å². The van der Waals surface area contributed by atoms with Crippen LogP contribution in [0, 0.1) is 6.92 Å². The van der Waals surface area contributed by atoms with Crippen LogP contribution in [0.25, 0.3) is 5.69 Å². The number of nitrogens with zero attached hydrogens (tertiary/aromatic N) is 3. The van der Waals surface area contributed by atoms with Crippen LogP contribution >= 0.6 is 0 Å². The standard InChI is InChI=1S/C20H20N4O2/c1-14-23-21-13-24(14)17-7-4-6-16(11-17)22-20(25)12-19-18-8-3-2-5-15(18)9-10-26-19/h2-8,11,13,19H,9-10,12H2,1H3,(H,22,25)/t19-/m0/s1. The molecule has 1 aliphatic rings. The van der Waals surface area contributed by atoms with Crippen LogP contribution in [0.2, 0.25) is 0 Å². The molecule has 0 spiro atoms. The lowest BCUT2D eigenvalue weighted by Crippen LogP contribution is -2.22. The third kappa shape index (κ3) is 3.36. The van der Waals surface area contributed by atoms with E-state index in [9.17, 15) is 4.79 Å². The third-order valence-corrected chi connectivity index (χ3v) is 4.59. The Kier molecular flexibility index (Phi) is 4.50. The molecule has 6 heteroatoms. The molecule has 1 N–H and O–H groups in total. The largest absolute Gasteiger partial charge is 0.373 e. The fourth-order valence-electron chi connectivity index (χ4n) is 3.31. The van der Waals surface area contributed by atoms with Crippen LogP contribution in [0.15, 0.2) is 54.9 Å². The minimum Gasteiger partial charge on any atom is -0.373 e. The van der Waals surface area contributed by atoms with Gasteiger partial charge in [0.15, 0.2) is 0 Å². The maximum Gasteiger partial charge on any atom is 0.227 e. The first-order valence-electron chi connectivity index (χ1n) is 8.67. The number of fused-ring (bicyclic) bond motifs is 1. The van der Waals surface area contributed by atoms with Crippen molar-refractivity contribution in [2.75, 3.05) is 11.9 Å². The van der Waals surface area contributed by atoms with Crippen molar-refractivity contribution in [1.82, 2.24) is 14.8 Å². The molecule has 3 aromatic rings. The Hall–Kier alpha value is -2.99. The molecule has 1 amide bonds. The Morgan fingerprint density at radius 3 is 3.00 bits per heavy atom. The molecule has 0 saturated carbocycles. The van der Waals surface area contributed by atoms with E-state index in [1.54, 1.807) is 6.33 Å². The first-order valence-corrected chi connectivity index (χ1v) is 8.67. The van der Waals surface area contributed by atoms with Gasteiger partial charge in [-0.3, -0.25) is 9.36 Å². The molecule has 0 unspecified atom stereocenters. The molecule has 0 bridgehead atoms. The number of hydrogen-bond acceptors (Lipinski definition) is 4. The molecule has 1 atom stereocenters. The van der Waals surface area contributed by atoms with Crippen molar-refractivity contribution in [3.63, 3.8) is 0 Å². The lowest BCUT2D eigenvalue weighted by Gasteiger charge is -2.25. The van der Waals surface area contributed by atoms with Crippen molar-refractivity contribution < 1.29 is 9.53 Å². The van der Waals surface area contributed by atoms with E-state index in [2.05, 4.69) is 21.6 Å². The SMILES string of the molecule is Cc1nncn1-c1cccc(NC(=O)C[C@@H]2OCCc3ccccc32)c1. The fraction of sp³-hybridized carbons (Fsp3) is 0.250. The van der Waals surface area contributed by atoms with Crippen LogP contribution in [0.4, 0.5) is 5.69 Å². The van der Waals surface area contributed by atoms with Gasteiger partial charge in [0.05, 0.1) is 24.8 Å². The molecule has 1 aliphatic heterocycles. The normalized spacial score (nSPS) is 16.1. The first kappa shape index (κ1) is 16.5. The summed E-state index contributed by atoms with van der Waals surface area (Å²) in [7, 11) is 0. The molecule has 4 rings (SSSR count). The number of aryl methyl sites for hydroxylation is 1. The molecule has 0 radical (unpaired) electrons. The van der Waals surface area contributed by atoms with Crippen molar-refractivity contribution in [2.24, 2.45) is 0 Å². The van der Waals surface area contributed by atoms with E-state index < -0.39 is 0 Å². The second-order valence-electron chi connectivity index (χ2n) is 6.36. The summed E-state index contributed by atoms with van der Waals surface area (Å²) in [5.74, 6) is 0.727. The van der Waals surface area contributed by atoms with Crippen LogP contribution in [0.5, 0.6) is 0 Å². The predicted molar refractivity (Wildman–Crippen MR) is 98.2 cm³/mol. The van der Waals surface area contributed by atoms with Gasteiger partial charge < -0.3 is 10.1 Å². The highest BCUT2D eigenvalue weighted by molar-refractivity contribution is 5.91. The molecule has 0 aliphatic carbocycles. The Morgan fingerprint density at radius 1 is 1.27 bits per heavy atom. The highest BCUT2D eigenvalue weighted by Gasteiger charge is 2.23. The van der Waals surface area contributed by atoms with Crippen LogP contribution in [0.3, 0.4) is 0 Å². The number of rotatable bonds is 4. The zero-order valence-corrected chi connectivity index (χ0v) is 14.6. The van der Waals surface area contributed by atoms with Gasteiger partial charge in [0.25, 0.3) is 0 Å². The van der Waals surface area contributed by atoms with E-state index in [4.69, 9.17) is 4.74 Å². The number of aromatic nitrogens is 3. The predicted octanol–water partition coefficient (Wildman–Crippen LogP) is 3.22. The van der Waals surface area contributed by atoms with Crippen molar-refractivity contribution in [1.29, 1.82) is 0 Å². The highest BCUT2D eigenvalue weighted by atomic mass is 16.5. The minimum atomic E-state index is -0.191. The minimum absolute atomic E-state index is 0.0654. The fourth-order valence-corrected chi connectivity index (χ4v) is 3.31. The number of hydrogen-bond donors (Lipinski definition) is 1. The van der Waals surface area contributed by atoms with Gasteiger partial charge >= 0.3 is 0 Å². The lowest BCUT2D eigenvalue weighted by molar-refractivity contribution is -0.119. The van der Waals surface area contributed by atoms with Crippen molar-refractivity contribution in [2.45, 2.75) is 25.9 Å². The van der Waals surface area contributed by atoms with Gasteiger partial charge in [0.1, 0.15) is 12.2 Å². The lowest BCUT2D eigenvalue weighted by atomic mass is 9.95. The number of carbonyl (C=O) groups is 1. The Labute approximate surface area is 151 Å². The smallest absolute Gasteiger partial charge is 0.227 e. The van der Waals surface area contributed by atoms with Crippen LogP contribution in [-0.4, -0.2) is 27.3 Å². The molecule has 0 saturated heterocycles. The van der Waals surface area contributed by atoms with E-state index in [1.807, 2.05) is 54.0 Å². The maximum atomic E-state index is 12.5. The molecule has 26 heavy (non-hydrogen) atoms. The second kappa shape index (κ2) is 7.09. The molecule has 0 fully saturated rings. The summed E-state index contributed by atoms with van der Waals surface area (Å²) in [6, 6.07) is 15.8. The van der Waals surface area contributed by atoms with Crippen LogP contribution in [-0.2, 0) is 16.0 Å². The summed E-state index contributed by atoms with van der Waals surface area (Å²) < 4.78 is 7.70.